The minimum absolute atomic E-state index is 0.0522. The van der Waals surface area contributed by atoms with Crippen LogP contribution in [-0.4, -0.2) is 71.2 Å². The summed E-state index contributed by atoms with van der Waals surface area (Å²) in [6, 6.07) is 7.37. The minimum atomic E-state index is -0.0522. The van der Waals surface area contributed by atoms with E-state index in [9.17, 15) is 4.79 Å². The van der Waals surface area contributed by atoms with Crippen molar-refractivity contribution in [2.24, 2.45) is 28.9 Å². The molecule has 1 aromatic heterocycles. The molecule has 1 aromatic carbocycles. The summed E-state index contributed by atoms with van der Waals surface area (Å²) < 4.78 is 0. The topological polar surface area (TPSA) is 190 Å². The first-order valence-corrected chi connectivity index (χ1v) is 13.8. The van der Waals surface area contributed by atoms with Gasteiger partial charge >= 0.3 is 0 Å². The van der Waals surface area contributed by atoms with Crippen molar-refractivity contribution < 1.29 is 4.79 Å². The molecule has 0 spiro atoms. The molecule has 38 heavy (non-hydrogen) atoms. The molecule has 2 aliphatic heterocycles. The molecule has 12 nitrogen and oxygen atoms in total. The molecule has 3 aliphatic rings. The number of hydrogen-bond donors (Lipinski definition) is 6. The number of hydrogen-bond acceptors (Lipinski definition) is 11. The summed E-state index contributed by atoms with van der Waals surface area (Å²) >= 11 is 0. The average Bonchev–Trinajstić information content (AvgIpc) is 2.89. The second-order valence-corrected chi connectivity index (χ2v) is 11.1. The standard InChI is InChI=1S/C26H41N11O/c27-17-10-18(28)13-36(12-17)25-33-24(34-26(35-25)37-14-19(29)11-20(30)15-37)32-22-8-6-21(7-9-22)31-23(38)16-4-2-1-3-5-16/h6-9,16-20H,1-5,10-15,27-30H2,(H,31,38)(H,32,33,34,35)/t17-,18+,19-,20+. The molecule has 5 rings (SSSR count). The number of carbonyl (C=O) groups excluding carboxylic acids is 1. The molecule has 2 saturated heterocycles. The van der Waals surface area contributed by atoms with Crippen LogP contribution in [0.5, 0.6) is 0 Å². The molecule has 4 atom stereocenters. The Labute approximate surface area is 223 Å². The molecule has 2 aromatic rings. The number of aromatic nitrogens is 3. The van der Waals surface area contributed by atoms with E-state index in [1.54, 1.807) is 0 Å². The van der Waals surface area contributed by atoms with Gasteiger partial charge in [-0.25, -0.2) is 0 Å². The van der Waals surface area contributed by atoms with Crippen LogP contribution in [0.4, 0.5) is 29.2 Å². The van der Waals surface area contributed by atoms with Gasteiger partial charge < -0.3 is 43.4 Å². The number of nitrogens with one attached hydrogen (secondary N) is 2. The highest BCUT2D eigenvalue weighted by Gasteiger charge is 2.29. The van der Waals surface area contributed by atoms with E-state index in [0.29, 0.717) is 44.0 Å². The summed E-state index contributed by atoms with van der Waals surface area (Å²) in [4.78, 5) is 30.8. The SMILES string of the molecule is N[C@@H]1C[C@H](N)CN(c2nc(Nc3ccc(NC(=O)C4CCCCC4)cc3)nc(N3C[C@H](N)C[C@H](N)C3)n2)C1. The molecule has 1 aliphatic carbocycles. The van der Waals surface area contributed by atoms with Crippen molar-refractivity contribution in [2.75, 3.05) is 46.6 Å². The lowest BCUT2D eigenvalue weighted by atomic mass is 9.88. The lowest BCUT2D eigenvalue weighted by Crippen LogP contribution is -2.54. The van der Waals surface area contributed by atoms with Crippen molar-refractivity contribution in [3.8, 4) is 0 Å². The quantitative estimate of drug-likeness (QED) is 0.315. The van der Waals surface area contributed by atoms with E-state index >= 15 is 0 Å². The Bertz CT molecular complexity index is 1030. The number of nitrogens with two attached hydrogens (primary N) is 4. The van der Waals surface area contributed by atoms with Gasteiger partial charge in [0, 0.05) is 67.6 Å². The van der Waals surface area contributed by atoms with Gasteiger partial charge in [-0.05, 0) is 49.9 Å². The number of amides is 1. The van der Waals surface area contributed by atoms with Gasteiger partial charge in [0.2, 0.25) is 23.8 Å². The molecule has 0 radical (unpaired) electrons. The van der Waals surface area contributed by atoms with Crippen molar-refractivity contribution >= 4 is 35.1 Å². The van der Waals surface area contributed by atoms with Gasteiger partial charge in [-0.2, -0.15) is 15.0 Å². The molecule has 206 valence electrons. The van der Waals surface area contributed by atoms with Crippen molar-refractivity contribution in [2.45, 2.75) is 69.1 Å². The van der Waals surface area contributed by atoms with Crippen molar-refractivity contribution in [1.29, 1.82) is 0 Å². The van der Waals surface area contributed by atoms with Gasteiger partial charge in [-0.3, -0.25) is 4.79 Å². The van der Waals surface area contributed by atoms with Crippen molar-refractivity contribution in [3.05, 3.63) is 24.3 Å². The molecule has 0 bridgehead atoms. The van der Waals surface area contributed by atoms with Crippen LogP contribution in [0, 0.1) is 5.92 Å². The minimum Gasteiger partial charge on any atom is -0.338 e. The molecule has 3 heterocycles. The van der Waals surface area contributed by atoms with Crippen LogP contribution in [0.2, 0.25) is 0 Å². The van der Waals surface area contributed by atoms with Crippen LogP contribution in [0.15, 0.2) is 24.3 Å². The zero-order valence-corrected chi connectivity index (χ0v) is 21.9. The van der Waals surface area contributed by atoms with E-state index in [1.807, 2.05) is 34.1 Å². The van der Waals surface area contributed by atoms with Gasteiger partial charge in [0.25, 0.3) is 0 Å². The van der Waals surface area contributed by atoms with Crippen LogP contribution in [0.1, 0.15) is 44.9 Å². The molecule has 1 amide bonds. The third-order valence-electron chi connectivity index (χ3n) is 7.59. The van der Waals surface area contributed by atoms with Crippen molar-refractivity contribution in [3.63, 3.8) is 0 Å². The van der Waals surface area contributed by atoms with Crippen LogP contribution >= 0.6 is 0 Å². The van der Waals surface area contributed by atoms with E-state index in [2.05, 4.69) is 10.6 Å². The Morgan fingerprint density at radius 1 is 0.711 bits per heavy atom. The summed E-state index contributed by atoms with van der Waals surface area (Å²) in [5, 5.41) is 6.35. The maximum Gasteiger partial charge on any atom is 0.233 e. The number of benzene rings is 1. The lowest BCUT2D eigenvalue weighted by molar-refractivity contribution is -0.120. The third kappa shape index (κ3) is 6.68. The van der Waals surface area contributed by atoms with Gasteiger partial charge in [0.1, 0.15) is 0 Å². The van der Waals surface area contributed by atoms with Crippen LogP contribution in [-0.2, 0) is 4.79 Å². The Morgan fingerprint density at radius 2 is 1.18 bits per heavy atom. The van der Waals surface area contributed by atoms with Gasteiger partial charge in [-0.1, -0.05) is 19.3 Å². The fourth-order valence-corrected chi connectivity index (χ4v) is 5.75. The highest BCUT2D eigenvalue weighted by atomic mass is 16.1. The fourth-order valence-electron chi connectivity index (χ4n) is 5.75. The predicted octanol–water partition coefficient (Wildman–Crippen LogP) is 0.863. The molecule has 10 N–H and O–H groups in total. The zero-order chi connectivity index (χ0) is 26.6. The third-order valence-corrected chi connectivity index (χ3v) is 7.59. The first kappa shape index (κ1) is 26.5. The molecular formula is C26H41N11O. The van der Waals surface area contributed by atoms with Gasteiger partial charge in [-0.15, -0.1) is 0 Å². The van der Waals surface area contributed by atoms with Crippen LogP contribution in [0.25, 0.3) is 0 Å². The highest BCUT2D eigenvalue weighted by molar-refractivity contribution is 5.92. The number of nitrogens with zero attached hydrogens (tertiary/aromatic N) is 5. The second kappa shape index (κ2) is 11.8. The molecular weight excluding hydrogens is 482 g/mol. The Kier molecular flexibility index (Phi) is 8.22. The number of anilines is 5. The molecule has 0 unspecified atom stereocenters. The van der Waals surface area contributed by atoms with E-state index in [4.69, 9.17) is 37.9 Å². The molecule has 12 heteroatoms. The fraction of sp³-hybridized carbons (Fsp3) is 0.615. The summed E-state index contributed by atoms with van der Waals surface area (Å²) in [6.45, 7) is 2.46. The maximum atomic E-state index is 12.6. The summed E-state index contributed by atoms with van der Waals surface area (Å²) in [7, 11) is 0. The number of piperidine rings is 2. The monoisotopic (exact) mass is 523 g/mol. The van der Waals surface area contributed by atoms with Gasteiger partial charge in [0.05, 0.1) is 0 Å². The first-order chi connectivity index (χ1) is 18.3. The molecule has 1 saturated carbocycles. The van der Waals surface area contributed by atoms with E-state index < -0.39 is 0 Å². The highest BCUT2D eigenvalue weighted by Crippen LogP contribution is 2.27. The predicted molar refractivity (Wildman–Crippen MR) is 150 cm³/mol. The zero-order valence-electron chi connectivity index (χ0n) is 21.9. The summed E-state index contributed by atoms with van der Waals surface area (Å²) in [5.74, 6) is 1.66. The van der Waals surface area contributed by atoms with E-state index in [-0.39, 0.29) is 36.0 Å². The van der Waals surface area contributed by atoms with Crippen LogP contribution in [0.3, 0.4) is 0 Å². The van der Waals surface area contributed by atoms with Gasteiger partial charge in [0.15, 0.2) is 0 Å². The number of rotatable bonds is 6. The number of carbonyl (C=O) groups is 1. The van der Waals surface area contributed by atoms with E-state index in [0.717, 1.165) is 49.9 Å². The Balaban J connectivity index is 1.34. The largest absolute Gasteiger partial charge is 0.338 e. The normalized spacial score (nSPS) is 26.7. The molecule has 3 fully saturated rings. The maximum absolute atomic E-state index is 12.6. The summed E-state index contributed by atoms with van der Waals surface area (Å²) in [5.41, 5.74) is 26.6. The first-order valence-electron chi connectivity index (χ1n) is 13.8. The second-order valence-electron chi connectivity index (χ2n) is 11.1. The van der Waals surface area contributed by atoms with E-state index in [1.165, 1.54) is 6.42 Å². The summed E-state index contributed by atoms with van der Waals surface area (Å²) in [6.07, 6.45) is 6.94. The Morgan fingerprint density at radius 3 is 1.68 bits per heavy atom. The smallest absolute Gasteiger partial charge is 0.233 e. The van der Waals surface area contributed by atoms with Crippen LogP contribution < -0.4 is 43.4 Å². The van der Waals surface area contributed by atoms with Crippen molar-refractivity contribution in [1.82, 2.24) is 15.0 Å². The lowest BCUT2D eigenvalue weighted by Gasteiger charge is -2.37. The Hall–Kier alpha value is -3.06. The average molecular weight is 524 g/mol.